The summed E-state index contributed by atoms with van der Waals surface area (Å²) in [6.07, 6.45) is 0.790. The van der Waals surface area contributed by atoms with E-state index in [4.69, 9.17) is 11.6 Å². The molecule has 6 nitrogen and oxygen atoms in total. The second-order valence-corrected chi connectivity index (χ2v) is 9.56. The van der Waals surface area contributed by atoms with Crippen LogP contribution in [0.1, 0.15) is 12.0 Å². The Morgan fingerprint density at radius 3 is 2.22 bits per heavy atom. The zero-order valence-corrected chi connectivity index (χ0v) is 18.6. The first-order chi connectivity index (χ1) is 15.3. The second kappa shape index (κ2) is 9.18. The van der Waals surface area contributed by atoms with Crippen molar-refractivity contribution in [3.63, 3.8) is 0 Å². The Kier molecular flexibility index (Phi) is 6.34. The molecule has 1 N–H and O–H groups in total. The molecule has 32 heavy (non-hydrogen) atoms. The van der Waals surface area contributed by atoms with E-state index >= 15 is 0 Å². The SMILES string of the molecule is O=C1N(Cc2ccc(F)cc2)CCCN1c1ccc(NS(=O)(=O)c2ccc(Cl)cc2)cc1. The van der Waals surface area contributed by atoms with Gasteiger partial charge in [0.25, 0.3) is 10.0 Å². The van der Waals surface area contributed by atoms with Crippen molar-refractivity contribution in [2.24, 2.45) is 0 Å². The number of amides is 2. The zero-order chi connectivity index (χ0) is 22.7. The average Bonchev–Trinajstić information content (AvgIpc) is 2.77. The number of sulfonamides is 1. The topological polar surface area (TPSA) is 69.7 Å². The van der Waals surface area contributed by atoms with Crippen LogP contribution in [-0.4, -0.2) is 32.4 Å². The zero-order valence-electron chi connectivity index (χ0n) is 17.0. The molecule has 1 fully saturated rings. The molecule has 0 aliphatic carbocycles. The first kappa shape index (κ1) is 22.1. The predicted octanol–water partition coefficient (Wildman–Crippen LogP) is 5.11. The third kappa shape index (κ3) is 5.03. The number of hydrogen-bond donors (Lipinski definition) is 1. The van der Waals surface area contributed by atoms with Crippen molar-refractivity contribution in [2.75, 3.05) is 22.7 Å². The number of nitrogens with zero attached hydrogens (tertiary/aromatic N) is 2. The highest BCUT2D eigenvalue weighted by atomic mass is 35.5. The Morgan fingerprint density at radius 1 is 0.906 bits per heavy atom. The van der Waals surface area contributed by atoms with Crippen LogP contribution in [0.5, 0.6) is 0 Å². The van der Waals surface area contributed by atoms with Crippen LogP contribution in [0, 0.1) is 5.82 Å². The lowest BCUT2D eigenvalue weighted by atomic mass is 10.1. The van der Waals surface area contributed by atoms with Crippen LogP contribution in [0.4, 0.5) is 20.6 Å². The van der Waals surface area contributed by atoms with E-state index in [1.54, 1.807) is 46.2 Å². The fraction of sp³-hybridized carbons (Fsp3) is 0.174. The molecule has 166 valence electrons. The molecule has 1 heterocycles. The van der Waals surface area contributed by atoms with E-state index in [0.29, 0.717) is 36.0 Å². The fourth-order valence-electron chi connectivity index (χ4n) is 3.52. The number of nitrogens with one attached hydrogen (secondary N) is 1. The van der Waals surface area contributed by atoms with Crippen LogP contribution in [0.25, 0.3) is 0 Å². The minimum atomic E-state index is -3.75. The Hall–Kier alpha value is -3.10. The quantitative estimate of drug-likeness (QED) is 0.540. The van der Waals surface area contributed by atoms with Crippen LogP contribution in [-0.2, 0) is 16.6 Å². The third-order valence-corrected chi connectivity index (χ3v) is 6.80. The third-order valence-electron chi connectivity index (χ3n) is 5.15. The van der Waals surface area contributed by atoms with E-state index in [2.05, 4.69) is 4.72 Å². The lowest BCUT2D eigenvalue weighted by molar-refractivity contribution is 0.192. The molecular weight excluding hydrogens is 453 g/mol. The van der Waals surface area contributed by atoms with Crippen molar-refractivity contribution < 1.29 is 17.6 Å². The van der Waals surface area contributed by atoms with Crippen molar-refractivity contribution in [1.29, 1.82) is 0 Å². The molecule has 0 saturated carbocycles. The number of anilines is 2. The van der Waals surface area contributed by atoms with Crippen LogP contribution >= 0.6 is 11.6 Å². The monoisotopic (exact) mass is 473 g/mol. The molecule has 2 amide bonds. The lowest BCUT2D eigenvalue weighted by Crippen LogP contribution is -2.49. The summed E-state index contributed by atoms with van der Waals surface area (Å²) in [6.45, 7) is 1.58. The normalized spacial score (nSPS) is 14.5. The molecule has 0 unspecified atom stereocenters. The summed E-state index contributed by atoms with van der Waals surface area (Å²) >= 11 is 5.82. The molecule has 0 bridgehead atoms. The number of hydrogen-bond acceptors (Lipinski definition) is 3. The lowest BCUT2D eigenvalue weighted by Gasteiger charge is -2.35. The maximum Gasteiger partial charge on any atom is 0.324 e. The number of halogens is 2. The number of benzene rings is 3. The molecular formula is C23H21ClFN3O3S. The molecule has 9 heteroatoms. The summed E-state index contributed by atoms with van der Waals surface area (Å²) < 4.78 is 40.7. The molecule has 0 atom stereocenters. The number of rotatable bonds is 6. The van der Waals surface area contributed by atoms with Crippen LogP contribution in [0.3, 0.4) is 0 Å². The van der Waals surface area contributed by atoms with Crippen LogP contribution in [0.2, 0.25) is 5.02 Å². The summed E-state index contributed by atoms with van der Waals surface area (Å²) in [5, 5.41) is 0.452. The number of carbonyl (C=O) groups excluding carboxylic acids is 1. The predicted molar refractivity (Wildman–Crippen MR) is 123 cm³/mol. The van der Waals surface area contributed by atoms with Crippen molar-refractivity contribution in [3.8, 4) is 0 Å². The molecule has 0 spiro atoms. The Balaban J connectivity index is 1.45. The maximum absolute atomic E-state index is 13.1. The van der Waals surface area contributed by atoms with Gasteiger partial charge in [-0.1, -0.05) is 23.7 Å². The summed E-state index contributed by atoms with van der Waals surface area (Å²) in [5.41, 5.74) is 1.91. The minimum Gasteiger partial charge on any atom is -0.320 e. The van der Waals surface area contributed by atoms with E-state index in [1.165, 1.54) is 36.4 Å². The van der Waals surface area contributed by atoms with Crippen molar-refractivity contribution in [2.45, 2.75) is 17.9 Å². The van der Waals surface area contributed by atoms with Gasteiger partial charge in [-0.3, -0.25) is 9.62 Å². The summed E-state index contributed by atoms with van der Waals surface area (Å²) in [6, 6.07) is 18.5. The molecule has 1 saturated heterocycles. The first-order valence-corrected chi connectivity index (χ1v) is 11.9. The van der Waals surface area contributed by atoms with Crippen molar-refractivity contribution >= 4 is 39.0 Å². The van der Waals surface area contributed by atoms with Gasteiger partial charge in [0, 0.05) is 36.0 Å². The Labute approximate surface area is 191 Å². The van der Waals surface area contributed by atoms with Gasteiger partial charge in [-0.05, 0) is 72.6 Å². The summed E-state index contributed by atoms with van der Waals surface area (Å²) in [5.74, 6) is -0.313. The number of urea groups is 1. The van der Waals surface area contributed by atoms with Gasteiger partial charge in [0.05, 0.1) is 4.90 Å². The minimum absolute atomic E-state index is 0.105. The van der Waals surface area contributed by atoms with Crippen LogP contribution < -0.4 is 9.62 Å². The van der Waals surface area contributed by atoms with Gasteiger partial charge in [-0.25, -0.2) is 17.6 Å². The van der Waals surface area contributed by atoms with E-state index in [1.807, 2.05) is 0 Å². The molecule has 3 aromatic carbocycles. The van der Waals surface area contributed by atoms with Gasteiger partial charge in [-0.2, -0.15) is 0 Å². The molecule has 3 aromatic rings. The summed E-state index contributed by atoms with van der Waals surface area (Å²) in [7, 11) is -3.75. The van der Waals surface area contributed by atoms with E-state index < -0.39 is 10.0 Å². The molecule has 4 rings (SSSR count). The fourth-order valence-corrected chi connectivity index (χ4v) is 4.70. The standard InChI is InChI=1S/C23H21ClFN3O3S/c24-18-4-12-22(13-5-18)32(30,31)26-20-8-10-21(11-9-20)28-15-1-14-27(23(28)29)16-17-2-6-19(25)7-3-17/h2-13,26H,1,14-16H2. The largest absolute Gasteiger partial charge is 0.324 e. The molecule has 0 radical (unpaired) electrons. The highest BCUT2D eigenvalue weighted by molar-refractivity contribution is 7.92. The van der Waals surface area contributed by atoms with Crippen molar-refractivity contribution in [3.05, 3.63) is 89.2 Å². The van der Waals surface area contributed by atoms with Gasteiger partial charge in [0.15, 0.2) is 0 Å². The number of carbonyl (C=O) groups is 1. The van der Waals surface area contributed by atoms with Gasteiger partial charge in [0.1, 0.15) is 5.82 Å². The van der Waals surface area contributed by atoms with E-state index in [0.717, 1.165) is 12.0 Å². The highest BCUT2D eigenvalue weighted by Gasteiger charge is 2.27. The Bertz CT molecular complexity index is 1200. The molecule has 1 aliphatic rings. The first-order valence-electron chi connectivity index (χ1n) is 10.0. The second-order valence-electron chi connectivity index (χ2n) is 7.44. The smallest absolute Gasteiger partial charge is 0.320 e. The van der Waals surface area contributed by atoms with Gasteiger partial charge < -0.3 is 4.90 Å². The van der Waals surface area contributed by atoms with Crippen molar-refractivity contribution in [1.82, 2.24) is 4.90 Å². The van der Waals surface area contributed by atoms with E-state index in [9.17, 15) is 17.6 Å². The van der Waals surface area contributed by atoms with Crippen LogP contribution in [0.15, 0.2) is 77.7 Å². The van der Waals surface area contributed by atoms with Gasteiger partial charge >= 0.3 is 6.03 Å². The maximum atomic E-state index is 13.1. The summed E-state index contributed by atoms with van der Waals surface area (Å²) in [4.78, 5) is 16.5. The van der Waals surface area contributed by atoms with E-state index in [-0.39, 0.29) is 16.7 Å². The average molecular weight is 474 g/mol. The Morgan fingerprint density at radius 2 is 1.56 bits per heavy atom. The van der Waals surface area contributed by atoms with Gasteiger partial charge in [0.2, 0.25) is 0 Å². The molecule has 1 aliphatic heterocycles. The molecule has 0 aromatic heterocycles. The highest BCUT2D eigenvalue weighted by Crippen LogP contribution is 2.25. The van der Waals surface area contributed by atoms with Gasteiger partial charge in [-0.15, -0.1) is 0 Å².